The van der Waals surface area contributed by atoms with Gasteiger partial charge in [0.15, 0.2) is 5.43 Å². The largest absolute Gasteiger partial charge is 0.508 e. The summed E-state index contributed by atoms with van der Waals surface area (Å²) in [6.45, 7) is 0.287. The lowest BCUT2D eigenvalue weighted by molar-refractivity contribution is -0.120. The van der Waals surface area contributed by atoms with E-state index in [1.165, 1.54) is 49.6 Å². The lowest BCUT2D eigenvalue weighted by atomic mass is 9.90. The first-order valence-corrected chi connectivity index (χ1v) is 8.54. The minimum Gasteiger partial charge on any atom is -0.508 e. The molecule has 2 aromatic carbocycles. The van der Waals surface area contributed by atoms with Gasteiger partial charge < -0.3 is 19.0 Å². The lowest BCUT2D eigenvalue weighted by Gasteiger charge is -2.17. The molecule has 0 bridgehead atoms. The minimum absolute atomic E-state index is 0.0175. The van der Waals surface area contributed by atoms with E-state index in [0.29, 0.717) is 27.7 Å². The summed E-state index contributed by atoms with van der Waals surface area (Å²) in [7, 11) is 1.26. The molecule has 29 heavy (non-hydrogen) atoms. The first-order valence-electron chi connectivity index (χ1n) is 8.54. The van der Waals surface area contributed by atoms with Gasteiger partial charge in [-0.05, 0) is 42.5 Å². The van der Waals surface area contributed by atoms with Crippen LogP contribution in [0.2, 0.25) is 0 Å². The number of hydrogen-bond acceptors (Lipinski definition) is 7. The zero-order valence-corrected chi connectivity index (χ0v) is 15.2. The van der Waals surface area contributed by atoms with Gasteiger partial charge in [0.05, 0.1) is 12.7 Å². The SMILES string of the molecule is COC(=O)c1ccc(OC=O)cc1-c1c2ccc(=O)cc-2oc2cc(O)ccc12. The number of aromatic hydroxyl groups is 1. The van der Waals surface area contributed by atoms with Crippen LogP contribution in [0, 0.1) is 0 Å². The van der Waals surface area contributed by atoms with Crippen LogP contribution in [0.25, 0.3) is 33.4 Å². The average Bonchev–Trinajstić information content (AvgIpc) is 2.71. The van der Waals surface area contributed by atoms with E-state index in [1.54, 1.807) is 12.1 Å². The summed E-state index contributed by atoms with van der Waals surface area (Å²) in [4.78, 5) is 35.1. The molecule has 7 heteroatoms. The molecule has 0 fully saturated rings. The summed E-state index contributed by atoms with van der Waals surface area (Å²) in [6, 6.07) is 13.3. The highest BCUT2D eigenvalue weighted by molar-refractivity contribution is 6.08. The number of benzene rings is 3. The first kappa shape index (κ1) is 18.2. The van der Waals surface area contributed by atoms with E-state index in [-0.39, 0.29) is 34.7 Å². The van der Waals surface area contributed by atoms with Crippen LogP contribution in [-0.4, -0.2) is 24.7 Å². The Hall–Kier alpha value is -4.13. The Labute approximate surface area is 164 Å². The van der Waals surface area contributed by atoms with Gasteiger partial charge in [-0.25, -0.2) is 4.79 Å². The molecule has 0 radical (unpaired) electrons. The maximum atomic E-state index is 12.4. The molecular weight excluding hydrogens is 376 g/mol. The third-order valence-electron chi connectivity index (χ3n) is 4.53. The summed E-state index contributed by atoms with van der Waals surface area (Å²) in [5.74, 6) is -0.0953. The number of fused-ring (bicyclic) bond motifs is 2. The number of carbonyl (C=O) groups is 2. The number of phenols is 1. The van der Waals surface area contributed by atoms with Gasteiger partial charge in [-0.2, -0.15) is 0 Å². The summed E-state index contributed by atoms with van der Waals surface area (Å²) in [6.07, 6.45) is 0. The molecule has 1 heterocycles. The smallest absolute Gasteiger partial charge is 0.338 e. The number of methoxy groups -OCH3 is 1. The van der Waals surface area contributed by atoms with Crippen LogP contribution in [0.3, 0.4) is 0 Å². The number of phenolic OH excluding ortho intramolecular Hbond substituents is 1. The molecule has 2 aromatic rings. The average molecular weight is 390 g/mol. The Morgan fingerprint density at radius 3 is 2.62 bits per heavy atom. The quantitative estimate of drug-likeness (QED) is 0.323. The van der Waals surface area contributed by atoms with Crippen molar-refractivity contribution < 1.29 is 28.6 Å². The maximum Gasteiger partial charge on any atom is 0.338 e. The fraction of sp³-hybridized carbons (Fsp3) is 0.0455. The van der Waals surface area contributed by atoms with Crippen LogP contribution in [0.5, 0.6) is 11.5 Å². The van der Waals surface area contributed by atoms with Gasteiger partial charge in [0.25, 0.3) is 6.47 Å². The summed E-state index contributed by atoms with van der Waals surface area (Å²) >= 11 is 0. The standard InChI is InChI=1S/C22H14O7/c1-27-22(26)15-7-4-14(28-11-23)10-18(15)21-16-5-2-12(24)8-19(16)29-20-9-13(25)3-6-17(20)21/h2-11,24H,1H3. The zero-order valence-electron chi connectivity index (χ0n) is 15.2. The third kappa shape index (κ3) is 3.19. The minimum atomic E-state index is -0.584. The van der Waals surface area contributed by atoms with E-state index in [1.807, 2.05) is 0 Å². The van der Waals surface area contributed by atoms with Gasteiger partial charge in [0, 0.05) is 34.2 Å². The van der Waals surface area contributed by atoms with Crippen molar-refractivity contribution in [3.63, 3.8) is 0 Å². The normalized spacial score (nSPS) is 10.8. The maximum absolute atomic E-state index is 12.4. The second-order valence-corrected chi connectivity index (χ2v) is 6.23. The van der Waals surface area contributed by atoms with E-state index >= 15 is 0 Å². The number of carbonyl (C=O) groups excluding carboxylic acids is 2. The molecule has 0 aromatic heterocycles. The molecule has 0 saturated heterocycles. The topological polar surface area (TPSA) is 103 Å². The van der Waals surface area contributed by atoms with E-state index in [2.05, 4.69) is 0 Å². The van der Waals surface area contributed by atoms with Crippen molar-refractivity contribution in [1.29, 1.82) is 0 Å². The van der Waals surface area contributed by atoms with Gasteiger partial charge in [0.1, 0.15) is 22.8 Å². The van der Waals surface area contributed by atoms with Crippen LogP contribution >= 0.6 is 0 Å². The van der Waals surface area contributed by atoms with Crippen LogP contribution in [-0.2, 0) is 9.53 Å². The summed E-state index contributed by atoms with van der Waals surface area (Å²) in [5.41, 5.74) is 1.85. The highest BCUT2D eigenvalue weighted by Crippen LogP contribution is 2.42. The number of ether oxygens (including phenoxy) is 2. The molecule has 1 N–H and O–H groups in total. The van der Waals surface area contributed by atoms with Crippen LogP contribution in [0.15, 0.2) is 63.8 Å². The van der Waals surface area contributed by atoms with Crippen molar-refractivity contribution in [2.24, 2.45) is 0 Å². The molecule has 1 aliphatic carbocycles. The molecule has 7 nitrogen and oxygen atoms in total. The van der Waals surface area contributed by atoms with Crippen LogP contribution in [0.1, 0.15) is 10.4 Å². The number of rotatable bonds is 4. The molecule has 0 saturated carbocycles. The highest BCUT2D eigenvalue weighted by atomic mass is 16.5. The van der Waals surface area contributed by atoms with Gasteiger partial charge in [-0.3, -0.25) is 9.59 Å². The molecular formula is C22H14O7. The highest BCUT2D eigenvalue weighted by Gasteiger charge is 2.23. The lowest BCUT2D eigenvalue weighted by Crippen LogP contribution is -2.06. The zero-order chi connectivity index (χ0) is 20.5. The molecule has 1 aliphatic heterocycles. The Kier molecular flexibility index (Phi) is 4.48. The molecule has 4 rings (SSSR count). The molecule has 0 spiro atoms. The van der Waals surface area contributed by atoms with E-state index in [9.17, 15) is 19.5 Å². The van der Waals surface area contributed by atoms with Gasteiger partial charge in [0.2, 0.25) is 0 Å². The van der Waals surface area contributed by atoms with Gasteiger partial charge in [-0.1, -0.05) is 0 Å². The fourth-order valence-electron chi connectivity index (χ4n) is 3.30. The number of esters is 1. The first-order chi connectivity index (χ1) is 14.0. The van der Waals surface area contributed by atoms with Crippen molar-refractivity contribution in [3.8, 4) is 33.9 Å². The predicted octanol–water partition coefficient (Wildman–Crippen LogP) is 3.59. The molecule has 144 valence electrons. The Bertz CT molecular complexity index is 1290. The molecule has 2 aliphatic rings. The van der Waals surface area contributed by atoms with Crippen molar-refractivity contribution in [2.75, 3.05) is 7.11 Å². The molecule has 0 atom stereocenters. The van der Waals surface area contributed by atoms with Gasteiger partial charge in [-0.15, -0.1) is 0 Å². The third-order valence-corrected chi connectivity index (χ3v) is 4.53. The van der Waals surface area contributed by atoms with Crippen molar-refractivity contribution in [1.82, 2.24) is 0 Å². The fourth-order valence-corrected chi connectivity index (χ4v) is 3.30. The Morgan fingerprint density at radius 1 is 1.03 bits per heavy atom. The van der Waals surface area contributed by atoms with E-state index in [4.69, 9.17) is 13.9 Å². The van der Waals surface area contributed by atoms with Crippen LogP contribution in [0.4, 0.5) is 0 Å². The summed E-state index contributed by atoms with van der Waals surface area (Å²) < 4.78 is 15.7. The predicted molar refractivity (Wildman–Crippen MR) is 104 cm³/mol. The monoisotopic (exact) mass is 390 g/mol. The second kappa shape index (κ2) is 7.12. The van der Waals surface area contributed by atoms with Crippen LogP contribution < -0.4 is 10.2 Å². The van der Waals surface area contributed by atoms with Crippen molar-refractivity contribution in [3.05, 3.63) is 70.4 Å². The van der Waals surface area contributed by atoms with Crippen molar-refractivity contribution in [2.45, 2.75) is 0 Å². The second-order valence-electron chi connectivity index (χ2n) is 6.23. The molecule has 0 unspecified atom stereocenters. The molecule has 0 amide bonds. The van der Waals surface area contributed by atoms with E-state index < -0.39 is 5.97 Å². The Morgan fingerprint density at radius 2 is 1.86 bits per heavy atom. The summed E-state index contributed by atoms with van der Waals surface area (Å²) in [5, 5.41) is 10.4. The van der Waals surface area contributed by atoms with Gasteiger partial charge >= 0.3 is 5.97 Å². The Balaban J connectivity index is 2.17. The van der Waals surface area contributed by atoms with E-state index in [0.717, 1.165) is 0 Å². The number of hydrogen-bond donors (Lipinski definition) is 1. The van der Waals surface area contributed by atoms with Crippen molar-refractivity contribution >= 4 is 23.4 Å².